The van der Waals surface area contributed by atoms with E-state index in [4.69, 9.17) is 12.2 Å². The van der Waals surface area contributed by atoms with Crippen LogP contribution in [0.15, 0.2) is 0 Å². The Balaban J connectivity index is 2.52. The summed E-state index contributed by atoms with van der Waals surface area (Å²) in [7, 11) is 0. The number of hydrogen-bond acceptors (Lipinski definition) is 5. The Morgan fingerprint density at radius 1 is 1.56 bits per heavy atom. The van der Waals surface area contributed by atoms with Crippen molar-refractivity contribution in [2.24, 2.45) is 0 Å². The third kappa shape index (κ3) is 4.26. The van der Waals surface area contributed by atoms with Gasteiger partial charge < -0.3 is 16.4 Å². The lowest BCUT2D eigenvalue weighted by Crippen LogP contribution is -2.24. The molecule has 0 unspecified atom stereocenters. The van der Waals surface area contributed by atoms with E-state index in [1.165, 1.54) is 11.3 Å². The maximum Gasteiger partial charge on any atom is 0.265 e. The lowest BCUT2D eigenvalue weighted by molar-refractivity contribution is 0.0958. The lowest BCUT2D eigenvalue weighted by Gasteiger charge is -2.01. The molecule has 5 nitrogen and oxygen atoms in total. The first-order chi connectivity index (χ1) is 8.69. The molecule has 0 aliphatic rings. The molecule has 0 atom stereocenters. The second kappa shape index (κ2) is 7.56. The van der Waals surface area contributed by atoms with Crippen LogP contribution in [0, 0.1) is 12.3 Å². The fourth-order valence-corrected chi connectivity index (χ4v) is 2.10. The Morgan fingerprint density at radius 2 is 2.33 bits per heavy atom. The van der Waals surface area contributed by atoms with E-state index in [0.29, 0.717) is 23.0 Å². The number of nitrogens with two attached hydrogens (primary N) is 1. The van der Waals surface area contributed by atoms with Gasteiger partial charge in [0.15, 0.2) is 5.13 Å². The number of amides is 1. The van der Waals surface area contributed by atoms with Gasteiger partial charge in [0.2, 0.25) is 0 Å². The third-order valence-corrected chi connectivity index (χ3v) is 3.20. The monoisotopic (exact) mass is 266 g/mol. The van der Waals surface area contributed by atoms with Crippen molar-refractivity contribution in [2.75, 3.05) is 24.1 Å². The largest absolute Gasteiger partial charge is 0.382 e. The molecule has 0 aliphatic heterocycles. The number of thiazole rings is 1. The van der Waals surface area contributed by atoms with Gasteiger partial charge in [0, 0.05) is 19.5 Å². The predicted molar refractivity (Wildman–Crippen MR) is 75.7 cm³/mol. The number of aromatic nitrogens is 1. The van der Waals surface area contributed by atoms with E-state index in [9.17, 15) is 4.79 Å². The number of carbonyl (C=O) groups is 1. The zero-order valence-electron chi connectivity index (χ0n) is 10.5. The fourth-order valence-electron chi connectivity index (χ4n) is 1.27. The maximum absolute atomic E-state index is 11.8. The van der Waals surface area contributed by atoms with E-state index < -0.39 is 0 Å². The summed E-state index contributed by atoms with van der Waals surface area (Å²) < 4.78 is 0. The van der Waals surface area contributed by atoms with Crippen LogP contribution in [0.4, 0.5) is 10.9 Å². The van der Waals surface area contributed by atoms with Gasteiger partial charge >= 0.3 is 0 Å². The van der Waals surface area contributed by atoms with Crippen molar-refractivity contribution in [2.45, 2.75) is 26.2 Å². The van der Waals surface area contributed by atoms with Crippen LogP contribution in [0.5, 0.6) is 0 Å². The molecule has 4 N–H and O–H groups in total. The molecule has 0 bridgehead atoms. The molecule has 1 aromatic rings. The SMILES string of the molecule is C#CCCCNC(=O)c1sc(NCCC)nc1N. The molecule has 1 heterocycles. The predicted octanol–water partition coefficient (Wildman–Crippen LogP) is 1.69. The first-order valence-electron chi connectivity index (χ1n) is 5.90. The first kappa shape index (κ1) is 14.3. The quantitative estimate of drug-likeness (QED) is 0.518. The highest BCUT2D eigenvalue weighted by atomic mass is 32.1. The van der Waals surface area contributed by atoms with E-state index in [1.54, 1.807) is 0 Å². The Hall–Kier alpha value is -1.74. The summed E-state index contributed by atoms with van der Waals surface area (Å²) in [5.41, 5.74) is 5.71. The van der Waals surface area contributed by atoms with Crippen LogP contribution >= 0.6 is 11.3 Å². The molecule has 0 saturated carbocycles. The highest BCUT2D eigenvalue weighted by Crippen LogP contribution is 2.24. The zero-order valence-corrected chi connectivity index (χ0v) is 11.3. The first-order valence-corrected chi connectivity index (χ1v) is 6.72. The molecule has 0 fully saturated rings. The summed E-state index contributed by atoms with van der Waals surface area (Å²) in [4.78, 5) is 16.4. The minimum atomic E-state index is -0.188. The van der Waals surface area contributed by atoms with Gasteiger partial charge in [-0.25, -0.2) is 4.98 Å². The number of nitrogens with one attached hydrogen (secondary N) is 2. The maximum atomic E-state index is 11.8. The number of terminal acetylenes is 1. The zero-order chi connectivity index (χ0) is 13.4. The van der Waals surface area contributed by atoms with Gasteiger partial charge in [0.05, 0.1) is 0 Å². The van der Waals surface area contributed by atoms with Gasteiger partial charge in [-0.1, -0.05) is 18.3 Å². The van der Waals surface area contributed by atoms with Gasteiger partial charge in [-0.2, -0.15) is 0 Å². The van der Waals surface area contributed by atoms with Gasteiger partial charge in [-0.3, -0.25) is 4.79 Å². The van der Waals surface area contributed by atoms with E-state index in [1.807, 2.05) is 0 Å². The Kier molecular flexibility index (Phi) is 6.01. The summed E-state index contributed by atoms with van der Waals surface area (Å²) in [5, 5.41) is 6.56. The number of carbonyl (C=O) groups excluding carboxylic acids is 1. The van der Waals surface area contributed by atoms with E-state index in [2.05, 4.69) is 28.5 Å². The molecule has 0 saturated heterocycles. The third-order valence-electron chi connectivity index (χ3n) is 2.17. The molecule has 1 rings (SSSR count). The van der Waals surface area contributed by atoms with Crippen LogP contribution in [0.25, 0.3) is 0 Å². The Morgan fingerprint density at radius 3 is 3.00 bits per heavy atom. The highest BCUT2D eigenvalue weighted by Gasteiger charge is 2.15. The standard InChI is InChI=1S/C12H18N4OS/c1-3-5-6-8-14-11(17)9-10(13)16-12(18-9)15-7-4-2/h1H,4-8,13H2,2H3,(H,14,17)(H,15,16). The average molecular weight is 266 g/mol. The molecule has 0 aromatic carbocycles. The van der Waals surface area contributed by atoms with E-state index in [-0.39, 0.29) is 11.7 Å². The summed E-state index contributed by atoms with van der Waals surface area (Å²) in [6.45, 7) is 3.43. The Bertz CT molecular complexity index is 436. The Labute approximate surface area is 111 Å². The van der Waals surface area contributed by atoms with Crippen molar-refractivity contribution in [1.82, 2.24) is 10.3 Å². The van der Waals surface area contributed by atoms with Crippen LogP contribution in [-0.4, -0.2) is 24.0 Å². The normalized spacial score (nSPS) is 9.78. The van der Waals surface area contributed by atoms with Crippen molar-refractivity contribution in [3.63, 3.8) is 0 Å². The lowest BCUT2D eigenvalue weighted by atomic mass is 10.3. The molecule has 18 heavy (non-hydrogen) atoms. The fraction of sp³-hybridized carbons (Fsp3) is 0.500. The number of anilines is 2. The summed E-state index contributed by atoms with van der Waals surface area (Å²) in [6.07, 6.45) is 7.54. The topological polar surface area (TPSA) is 80.0 Å². The molecule has 1 aromatic heterocycles. The smallest absolute Gasteiger partial charge is 0.265 e. The van der Waals surface area contributed by atoms with Gasteiger partial charge in [-0.05, 0) is 12.8 Å². The molecule has 0 radical (unpaired) electrons. The molecule has 1 amide bonds. The summed E-state index contributed by atoms with van der Waals surface area (Å²) in [6, 6.07) is 0. The van der Waals surface area contributed by atoms with E-state index >= 15 is 0 Å². The van der Waals surface area contributed by atoms with Gasteiger partial charge in [0.1, 0.15) is 10.7 Å². The molecule has 6 heteroatoms. The van der Waals surface area contributed by atoms with Crippen LogP contribution in [0.1, 0.15) is 35.9 Å². The second-order valence-electron chi connectivity index (χ2n) is 3.72. The number of unbranched alkanes of at least 4 members (excludes halogenated alkanes) is 1. The van der Waals surface area contributed by atoms with Crippen LogP contribution in [0.3, 0.4) is 0 Å². The summed E-state index contributed by atoms with van der Waals surface area (Å²) in [5.74, 6) is 2.61. The van der Waals surface area contributed by atoms with Crippen molar-refractivity contribution in [3.05, 3.63) is 4.88 Å². The van der Waals surface area contributed by atoms with Crippen molar-refractivity contribution < 1.29 is 4.79 Å². The van der Waals surface area contributed by atoms with Crippen LogP contribution in [0.2, 0.25) is 0 Å². The summed E-state index contributed by atoms with van der Waals surface area (Å²) >= 11 is 1.27. The number of nitrogen functional groups attached to an aromatic ring is 1. The molecular weight excluding hydrogens is 248 g/mol. The van der Waals surface area contributed by atoms with Crippen molar-refractivity contribution >= 4 is 28.2 Å². The molecule has 0 spiro atoms. The highest BCUT2D eigenvalue weighted by molar-refractivity contribution is 7.18. The van der Waals surface area contributed by atoms with Crippen LogP contribution < -0.4 is 16.4 Å². The minimum Gasteiger partial charge on any atom is -0.382 e. The second-order valence-corrected chi connectivity index (χ2v) is 4.72. The molecular formula is C12H18N4OS. The van der Waals surface area contributed by atoms with Gasteiger partial charge in [0.25, 0.3) is 5.91 Å². The van der Waals surface area contributed by atoms with Crippen molar-refractivity contribution in [3.8, 4) is 12.3 Å². The minimum absolute atomic E-state index is 0.188. The van der Waals surface area contributed by atoms with Gasteiger partial charge in [-0.15, -0.1) is 12.3 Å². The van der Waals surface area contributed by atoms with Crippen molar-refractivity contribution in [1.29, 1.82) is 0 Å². The average Bonchev–Trinajstić information content (AvgIpc) is 2.73. The number of rotatable bonds is 7. The number of nitrogens with zero attached hydrogens (tertiary/aromatic N) is 1. The molecule has 98 valence electrons. The molecule has 0 aliphatic carbocycles. The number of hydrogen-bond donors (Lipinski definition) is 3. The van der Waals surface area contributed by atoms with Crippen LogP contribution in [-0.2, 0) is 0 Å². The van der Waals surface area contributed by atoms with E-state index in [0.717, 1.165) is 19.4 Å².